The lowest BCUT2D eigenvalue weighted by Crippen LogP contribution is -2.30. The minimum absolute atomic E-state index is 0.0588. The number of unbranched alkanes of at least 4 members (excludes halogenated alkanes) is 21. The van der Waals surface area contributed by atoms with E-state index in [1.54, 1.807) is 6.08 Å². The van der Waals surface area contributed by atoms with Crippen molar-refractivity contribution in [3.05, 3.63) is 97.2 Å². The van der Waals surface area contributed by atoms with E-state index in [0.717, 1.165) is 96.3 Å². The molecule has 0 rings (SSSR count). The molecule has 0 saturated carbocycles. The molecule has 0 fully saturated rings. The van der Waals surface area contributed by atoms with Crippen molar-refractivity contribution in [1.82, 2.24) is 0 Å². The first-order valence-corrected chi connectivity index (χ1v) is 30.6. The molecule has 3 atom stereocenters. The third-order valence-corrected chi connectivity index (χ3v) is 13.0. The fraction of sp³-hybridized carbons (Fsp3) is 0.694. The van der Waals surface area contributed by atoms with Crippen LogP contribution in [0.25, 0.3) is 0 Å². The Morgan fingerprint density at radius 1 is 0.405 bits per heavy atom. The number of carbonyl (C=O) groups excluding carboxylic acids is 3. The Balaban J connectivity index is 4.82. The Bertz CT molecular complexity index is 1610. The Hall–Kier alpha value is -3.60. The van der Waals surface area contributed by atoms with E-state index < -0.39 is 57.8 Å². The monoisotopic (exact) mass is 1060 g/mol. The van der Waals surface area contributed by atoms with E-state index in [0.29, 0.717) is 19.3 Å². The molecule has 0 amide bonds. The SMILES string of the molecule is CC/C=C\C/C=C\C/C=C\C/C=C\C/C=C\CC(=O)OC(CO)COP(=O)(O)OCC(COC(=O)CCCCCCCCCCCCCCC)OC(=O)CCCCCCCC/C=C\C/C=C\C/C=C\CCCCC. The molecule has 0 aromatic carbocycles. The van der Waals surface area contributed by atoms with Crippen LogP contribution in [-0.4, -0.2) is 66.5 Å². The van der Waals surface area contributed by atoms with Gasteiger partial charge in [0.15, 0.2) is 6.10 Å². The lowest BCUT2D eigenvalue weighted by molar-refractivity contribution is -0.161. The van der Waals surface area contributed by atoms with Gasteiger partial charge >= 0.3 is 25.7 Å². The van der Waals surface area contributed by atoms with Crippen molar-refractivity contribution in [2.75, 3.05) is 26.4 Å². The van der Waals surface area contributed by atoms with E-state index in [1.807, 2.05) is 18.2 Å². The van der Waals surface area contributed by atoms with E-state index in [1.165, 1.54) is 83.5 Å². The van der Waals surface area contributed by atoms with Crippen LogP contribution in [0.1, 0.15) is 239 Å². The molecule has 0 heterocycles. The molecular weight excluding hydrogens is 952 g/mol. The summed E-state index contributed by atoms with van der Waals surface area (Å²) in [5.41, 5.74) is 0. The van der Waals surface area contributed by atoms with Gasteiger partial charge in [0.1, 0.15) is 12.7 Å². The van der Waals surface area contributed by atoms with Gasteiger partial charge in [-0.2, -0.15) is 0 Å². The highest BCUT2D eigenvalue weighted by Gasteiger charge is 2.28. The van der Waals surface area contributed by atoms with Crippen LogP contribution < -0.4 is 0 Å². The van der Waals surface area contributed by atoms with Crippen LogP contribution in [0.5, 0.6) is 0 Å². The van der Waals surface area contributed by atoms with Gasteiger partial charge < -0.3 is 24.2 Å². The summed E-state index contributed by atoms with van der Waals surface area (Å²) in [4.78, 5) is 48.5. The van der Waals surface area contributed by atoms with Crippen molar-refractivity contribution in [1.29, 1.82) is 0 Å². The molecule has 424 valence electrons. The van der Waals surface area contributed by atoms with Gasteiger partial charge in [0, 0.05) is 12.8 Å². The third-order valence-electron chi connectivity index (χ3n) is 12.0. The molecule has 2 N–H and O–H groups in total. The number of hydrogen-bond donors (Lipinski definition) is 2. The molecule has 0 bridgehead atoms. The van der Waals surface area contributed by atoms with Gasteiger partial charge in [-0.3, -0.25) is 23.4 Å². The largest absolute Gasteiger partial charge is 0.472 e. The molecule has 0 aliphatic heterocycles. The molecule has 0 aromatic heterocycles. The summed E-state index contributed by atoms with van der Waals surface area (Å²) in [6, 6.07) is 0. The van der Waals surface area contributed by atoms with Gasteiger partial charge in [-0.15, -0.1) is 0 Å². The topological polar surface area (TPSA) is 155 Å². The van der Waals surface area contributed by atoms with Gasteiger partial charge in [0.05, 0.1) is 26.2 Å². The van der Waals surface area contributed by atoms with Crippen molar-refractivity contribution < 1.29 is 52.2 Å². The zero-order valence-corrected chi connectivity index (χ0v) is 47.7. The molecule has 0 saturated heterocycles. The first-order valence-electron chi connectivity index (χ1n) is 29.1. The van der Waals surface area contributed by atoms with Crippen LogP contribution >= 0.6 is 7.82 Å². The molecule has 0 radical (unpaired) electrons. The minimum atomic E-state index is -4.78. The number of aliphatic hydroxyl groups excluding tert-OH is 1. The summed E-state index contributed by atoms with van der Waals surface area (Å²) in [6.07, 6.45) is 65.3. The van der Waals surface area contributed by atoms with E-state index in [2.05, 4.69) is 93.7 Å². The summed E-state index contributed by atoms with van der Waals surface area (Å²) < 4.78 is 39.4. The van der Waals surface area contributed by atoms with Crippen molar-refractivity contribution in [2.45, 2.75) is 251 Å². The standard InChI is InChI=1S/C62H105O11P/c1-4-7-10-13-16-19-22-25-27-28-29-30-32-35-38-41-44-47-50-53-62(66)73-59(55-69-60(64)51-48-45-42-39-36-33-24-21-18-15-12-9-6-3)57-71-74(67,68)70-56-58(54-63)72-61(65)52-49-46-43-40-37-34-31-26-23-20-17-14-11-8-5-2/h8,11,16-17,19-20,25-27,29-31,37,40,46,49,58-59,63H,4-7,9-10,12-15,18,21-24,28,32-36,38-39,41-45,47-48,50-57H2,1-3H3,(H,67,68)/b11-8-,19-16-,20-17-,27-25-,30-29-,31-26-,40-37-,49-46-. The van der Waals surface area contributed by atoms with E-state index in [9.17, 15) is 28.9 Å². The average molecular weight is 1060 g/mol. The van der Waals surface area contributed by atoms with Crippen molar-refractivity contribution >= 4 is 25.7 Å². The van der Waals surface area contributed by atoms with Gasteiger partial charge in [0.25, 0.3) is 0 Å². The zero-order chi connectivity index (χ0) is 54.1. The van der Waals surface area contributed by atoms with Gasteiger partial charge in [-0.1, -0.05) is 234 Å². The van der Waals surface area contributed by atoms with Crippen LogP contribution in [-0.2, 0) is 42.2 Å². The van der Waals surface area contributed by atoms with E-state index in [4.69, 9.17) is 23.3 Å². The molecule has 3 unspecified atom stereocenters. The number of phosphoric ester groups is 1. The molecule has 0 aliphatic carbocycles. The number of phosphoric acid groups is 1. The maximum atomic E-state index is 12.9. The van der Waals surface area contributed by atoms with E-state index >= 15 is 0 Å². The first kappa shape index (κ1) is 70.4. The number of hydrogen-bond acceptors (Lipinski definition) is 10. The zero-order valence-electron chi connectivity index (χ0n) is 46.8. The number of allylic oxidation sites excluding steroid dienone is 15. The predicted molar refractivity (Wildman–Crippen MR) is 307 cm³/mol. The van der Waals surface area contributed by atoms with Gasteiger partial charge in [-0.25, -0.2) is 4.57 Å². The highest BCUT2D eigenvalue weighted by Crippen LogP contribution is 2.43. The molecule has 12 heteroatoms. The predicted octanol–water partition coefficient (Wildman–Crippen LogP) is 17.3. The molecular formula is C62H105O11P. The number of carbonyl (C=O) groups is 3. The molecule has 11 nitrogen and oxygen atoms in total. The van der Waals surface area contributed by atoms with Crippen LogP contribution in [0.4, 0.5) is 0 Å². The molecule has 0 aromatic rings. The fourth-order valence-electron chi connectivity index (χ4n) is 7.61. The molecule has 0 aliphatic rings. The minimum Gasteiger partial charge on any atom is -0.462 e. The lowest BCUT2D eigenvalue weighted by Gasteiger charge is -2.21. The maximum absolute atomic E-state index is 12.9. The third kappa shape index (κ3) is 53.2. The second kappa shape index (κ2) is 55.6. The Morgan fingerprint density at radius 2 is 0.757 bits per heavy atom. The van der Waals surface area contributed by atoms with Crippen molar-refractivity contribution in [3.63, 3.8) is 0 Å². The van der Waals surface area contributed by atoms with Crippen LogP contribution in [0.15, 0.2) is 97.2 Å². The lowest BCUT2D eigenvalue weighted by atomic mass is 10.0. The summed E-state index contributed by atoms with van der Waals surface area (Å²) >= 11 is 0. The number of aliphatic hydroxyl groups is 1. The first-order chi connectivity index (χ1) is 36.2. The van der Waals surface area contributed by atoms with Gasteiger partial charge in [0.2, 0.25) is 0 Å². The highest BCUT2D eigenvalue weighted by molar-refractivity contribution is 7.47. The second-order valence-electron chi connectivity index (χ2n) is 19.1. The summed E-state index contributed by atoms with van der Waals surface area (Å²) in [5, 5.41) is 9.79. The number of esters is 3. The highest BCUT2D eigenvalue weighted by atomic mass is 31.2. The summed E-state index contributed by atoms with van der Waals surface area (Å²) in [6.45, 7) is 4.38. The fourth-order valence-corrected chi connectivity index (χ4v) is 8.40. The summed E-state index contributed by atoms with van der Waals surface area (Å²) in [5.74, 6) is -1.62. The molecule has 74 heavy (non-hydrogen) atoms. The number of ether oxygens (including phenoxy) is 3. The van der Waals surface area contributed by atoms with Crippen molar-refractivity contribution in [3.8, 4) is 0 Å². The van der Waals surface area contributed by atoms with E-state index in [-0.39, 0.29) is 25.9 Å². The normalized spacial score (nSPS) is 14.1. The average Bonchev–Trinajstić information content (AvgIpc) is 3.39. The second-order valence-corrected chi connectivity index (χ2v) is 20.5. The molecule has 0 spiro atoms. The van der Waals surface area contributed by atoms with Crippen LogP contribution in [0.2, 0.25) is 0 Å². The van der Waals surface area contributed by atoms with Crippen LogP contribution in [0.3, 0.4) is 0 Å². The van der Waals surface area contributed by atoms with Crippen LogP contribution in [0, 0.1) is 0 Å². The Labute approximate surface area is 451 Å². The maximum Gasteiger partial charge on any atom is 0.472 e. The van der Waals surface area contributed by atoms with Crippen molar-refractivity contribution in [2.24, 2.45) is 0 Å². The summed E-state index contributed by atoms with van der Waals surface area (Å²) in [7, 11) is -4.78. The smallest absolute Gasteiger partial charge is 0.462 e. The Morgan fingerprint density at radius 3 is 1.22 bits per heavy atom. The Kier molecular flexibility index (Phi) is 52.9. The number of rotatable bonds is 53. The quantitative estimate of drug-likeness (QED) is 0.0197. The van der Waals surface area contributed by atoms with Gasteiger partial charge in [-0.05, 0) is 83.5 Å².